The van der Waals surface area contributed by atoms with Gasteiger partial charge in [-0.3, -0.25) is 0 Å². The maximum atomic E-state index is 2.75. The molecule has 56 heavy (non-hydrogen) atoms. The van der Waals surface area contributed by atoms with E-state index in [1.807, 2.05) is 0 Å². The maximum Gasteiger partial charge on any atom is 0.252 e. The molecule has 12 rings (SSSR count). The van der Waals surface area contributed by atoms with Crippen molar-refractivity contribution in [3.05, 3.63) is 126 Å². The summed E-state index contributed by atoms with van der Waals surface area (Å²) in [5.41, 5.74) is 17.8. The van der Waals surface area contributed by atoms with Crippen molar-refractivity contribution >= 4 is 57.2 Å². The second-order valence-electron chi connectivity index (χ2n) is 19.4. The monoisotopic (exact) mass is 732 g/mol. The van der Waals surface area contributed by atoms with E-state index in [4.69, 9.17) is 0 Å². The molecule has 5 aromatic carbocycles. The van der Waals surface area contributed by atoms with Crippen molar-refractivity contribution in [2.45, 2.75) is 126 Å². The molecule has 5 fully saturated rings. The van der Waals surface area contributed by atoms with Crippen LogP contribution in [0.2, 0.25) is 0 Å². The zero-order valence-corrected chi connectivity index (χ0v) is 33.3. The van der Waals surface area contributed by atoms with Gasteiger partial charge in [0.05, 0.1) is 0 Å². The Hall–Kier alpha value is -4.24. The SMILES string of the molecule is c1ccc(N2c3ccc(C4CCCCC4)cc3B3c4cc(C5CCCCC5)ccc4N(c4ccccc4)c4cc(C56CCC7CCC(CC7C5)C6)cc2c43)cc1. The van der Waals surface area contributed by atoms with Crippen LogP contribution in [0.15, 0.2) is 109 Å². The average Bonchev–Trinajstić information content (AvgIpc) is 3.26. The quantitative estimate of drug-likeness (QED) is 0.163. The molecule has 3 heteroatoms. The number of rotatable bonds is 5. The lowest BCUT2D eigenvalue weighted by Crippen LogP contribution is -2.61. The molecule has 5 aromatic rings. The average molecular weight is 733 g/mol. The van der Waals surface area contributed by atoms with E-state index in [2.05, 4.69) is 119 Å². The Morgan fingerprint density at radius 1 is 0.482 bits per heavy atom. The normalized spacial score (nSPS) is 26.8. The standard InChI is InChI=1S/C53H57BN2/c1-5-13-37(14-6-1)40-23-25-48-46(30-40)54-47-31-41(38-15-7-2-8-16-38)24-26-49(47)56(45-19-11-4-12-20-45)51-33-43(32-50(52(51)54)55(48)44-17-9-3-10-18-44)53-28-27-39-22-21-36(34-53)29-42(39)35-53/h3-4,9-12,17-20,23-26,30-33,36-39,42H,1-2,5-8,13-16,21-22,27-29,34-35H2. The molecule has 2 heterocycles. The van der Waals surface area contributed by atoms with Crippen LogP contribution in [0.3, 0.4) is 0 Å². The van der Waals surface area contributed by atoms with Gasteiger partial charge in [-0.25, -0.2) is 0 Å². The van der Waals surface area contributed by atoms with Gasteiger partial charge < -0.3 is 9.80 Å². The number of para-hydroxylation sites is 2. The molecule has 5 aliphatic carbocycles. The van der Waals surface area contributed by atoms with Crippen LogP contribution in [0, 0.1) is 17.8 Å². The van der Waals surface area contributed by atoms with Crippen molar-refractivity contribution in [3.8, 4) is 0 Å². The van der Waals surface area contributed by atoms with Gasteiger partial charge in [-0.2, -0.15) is 0 Å². The first-order valence-electron chi connectivity index (χ1n) is 22.9. The van der Waals surface area contributed by atoms with E-state index in [0.717, 1.165) is 17.8 Å². The van der Waals surface area contributed by atoms with Crippen molar-refractivity contribution in [2.75, 3.05) is 9.80 Å². The fourth-order valence-electron chi connectivity index (χ4n) is 13.9. The van der Waals surface area contributed by atoms with E-state index in [9.17, 15) is 0 Å². The molecule has 0 saturated heterocycles. The third-order valence-electron chi connectivity index (χ3n) is 16.5. The number of fused-ring (bicyclic) bond motifs is 6. The smallest absolute Gasteiger partial charge is 0.252 e. The lowest BCUT2D eigenvalue weighted by Gasteiger charge is -2.56. The number of hydrogen-bond donors (Lipinski definition) is 0. The summed E-state index contributed by atoms with van der Waals surface area (Å²) in [6, 6.07) is 43.9. The van der Waals surface area contributed by atoms with E-state index in [1.54, 1.807) is 16.7 Å². The summed E-state index contributed by atoms with van der Waals surface area (Å²) in [6.07, 6.45) is 23.5. The fourth-order valence-corrected chi connectivity index (χ4v) is 13.9. The van der Waals surface area contributed by atoms with E-state index >= 15 is 0 Å². The van der Waals surface area contributed by atoms with Gasteiger partial charge in [0, 0.05) is 34.1 Å². The van der Waals surface area contributed by atoms with E-state index in [1.165, 1.54) is 160 Å². The molecule has 0 radical (unpaired) electrons. The van der Waals surface area contributed by atoms with Crippen molar-refractivity contribution < 1.29 is 0 Å². The van der Waals surface area contributed by atoms with Crippen molar-refractivity contribution in [3.63, 3.8) is 0 Å². The minimum Gasteiger partial charge on any atom is -0.311 e. The minimum atomic E-state index is 0.199. The third-order valence-corrected chi connectivity index (χ3v) is 16.5. The van der Waals surface area contributed by atoms with Gasteiger partial charge in [-0.15, -0.1) is 0 Å². The highest BCUT2D eigenvalue weighted by atomic mass is 15.2. The van der Waals surface area contributed by atoms with Crippen LogP contribution >= 0.6 is 0 Å². The molecule has 2 nitrogen and oxygen atoms in total. The Morgan fingerprint density at radius 3 is 1.59 bits per heavy atom. The van der Waals surface area contributed by atoms with Crippen LogP contribution < -0.4 is 26.2 Å². The first-order chi connectivity index (χ1) is 27.7. The third kappa shape index (κ3) is 5.35. The highest BCUT2D eigenvalue weighted by molar-refractivity contribution is 7.00. The number of nitrogens with zero attached hydrogens (tertiary/aromatic N) is 2. The molecule has 0 amide bonds. The Kier molecular flexibility index (Phi) is 8.12. The molecule has 2 aliphatic heterocycles. The molecule has 282 valence electrons. The van der Waals surface area contributed by atoms with Crippen molar-refractivity contribution in [1.82, 2.24) is 0 Å². The molecule has 3 bridgehead atoms. The molecular weight excluding hydrogens is 675 g/mol. The molecule has 4 unspecified atom stereocenters. The summed E-state index contributed by atoms with van der Waals surface area (Å²) in [4.78, 5) is 5.40. The second-order valence-corrected chi connectivity index (χ2v) is 19.4. The summed E-state index contributed by atoms with van der Waals surface area (Å²) in [5, 5.41) is 0. The summed E-state index contributed by atoms with van der Waals surface area (Å²) < 4.78 is 0. The number of hydrogen-bond acceptors (Lipinski definition) is 2. The Morgan fingerprint density at radius 2 is 1.04 bits per heavy atom. The Balaban J connectivity index is 1.14. The van der Waals surface area contributed by atoms with E-state index in [0.29, 0.717) is 11.8 Å². The van der Waals surface area contributed by atoms with Crippen LogP contribution in [0.25, 0.3) is 0 Å². The first kappa shape index (κ1) is 33.9. The Bertz CT molecular complexity index is 2130. The number of anilines is 6. The molecular formula is C53H57BN2. The summed E-state index contributed by atoms with van der Waals surface area (Å²) >= 11 is 0. The zero-order valence-electron chi connectivity index (χ0n) is 33.3. The van der Waals surface area contributed by atoms with Gasteiger partial charge >= 0.3 is 0 Å². The van der Waals surface area contributed by atoms with Crippen LogP contribution in [-0.2, 0) is 5.41 Å². The van der Waals surface area contributed by atoms with Gasteiger partial charge in [0.1, 0.15) is 0 Å². The highest BCUT2D eigenvalue weighted by Gasteiger charge is 2.52. The molecule has 0 spiro atoms. The topological polar surface area (TPSA) is 6.48 Å². The first-order valence-corrected chi connectivity index (χ1v) is 22.9. The largest absolute Gasteiger partial charge is 0.311 e. The maximum absolute atomic E-state index is 2.75. The van der Waals surface area contributed by atoms with Gasteiger partial charge in [0.15, 0.2) is 0 Å². The fraction of sp³-hybridized carbons (Fsp3) is 0.434. The van der Waals surface area contributed by atoms with Crippen LogP contribution in [0.5, 0.6) is 0 Å². The summed E-state index contributed by atoms with van der Waals surface area (Å²) in [7, 11) is 0. The predicted octanol–water partition coefficient (Wildman–Crippen LogP) is 12.7. The van der Waals surface area contributed by atoms with Gasteiger partial charge in [-0.05, 0) is 181 Å². The Labute approximate surface area is 335 Å². The molecule has 7 aliphatic rings. The minimum absolute atomic E-state index is 0.199. The van der Waals surface area contributed by atoms with Gasteiger partial charge in [-0.1, -0.05) is 106 Å². The summed E-state index contributed by atoms with van der Waals surface area (Å²) in [6.45, 7) is 0.199. The van der Waals surface area contributed by atoms with Crippen molar-refractivity contribution in [1.29, 1.82) is 0 Å². The van der Waals surface area contributed by atoms with Gasteiger partial charge in [0.25, 0.3) is 6.71 Å². The zero-order chi connectivity index (χ0) is 36.8. The van der Waals surface area contributed by atoms with Crippen LogP contribution in [0.1, 0.15) is 138 Å². The van der Waals surface area contributed by atoms with Crippen molar-refractivity contribution in [2.24, 2.45) is 17.8 Å². The van der Waals surface area contributed by atoms with E-state index in [-0.39, 0.29) is 12.1 Å². The molecule has 5 saturated carbocycles. The molecule has 0 aromatic heterocycles. The van der Waals surface area contributed by atoms with Gasteiger partial charge in [0.2, 0.25) is 0 Å². The van der Waals surface area contributed by atoms with E-state index < -0.39 is 0 Å². The predicted molar refractivity (Wildman–Crippen MR) is 237 cm³/mol. The lowest BCUT2D eigenvalue weighted by molar-refractivity contribution is 0.00967. The summed E-state index contributed by atoms with van der Waals surface area (Å²) in [5.74, 6) is 4.08. The van der Waals surface area contributed by atoms with Crippen LogP contribution in [-0.4, -0.2) is 6.71 Å². The van der Waals surface area contributed by atoms with Crippen LogP contribution in [0.4, 0.5) is 34.1 Å². The molecule has 4 atom stereocenters. The molecule has 0 N–H and O–H groups in total. The lowest BCUT2D eigenvalue weighted by atomic mass is 9.33. The number of benzene rings is 5. The highest BCUT2D eigenvalue weighted by Crippen LogP contribution is 2.60. The second kappa shape index (κ2) is 13.4.